The van der Waals surface area contributed by atoms with Gasteiger partial charge in [0.25, 0.3) is 11.8 Å². The SMILES string of the molecule is CCNC(=O)COc1ccc([C@@H]2NC(=O)c3ccccc3N2C)cc1. The Labute approximate surface area is 146 Å². The second-order valence-corrected chi connectivity index (χ2v) is 5.82. The van der Waals surface area contributed by atoms with Gasteiger partial charge in [0.1, 0.15) is 11.9 Å². The second-order valence-electron chi connectivity index (χ2n) is 5.82. The highest BCUT2D eigenvalue weighted by Gasteiger charge is 2.28. The Morgan fingerprint density at radius 2 is 1.92 bits per heavy atom. The van der Waals surface area contributed by atoms with E-state index in [9.17, 15) is 9.59 Å². The van der Waals surface area contributed by atoms with Crippen molar-refractivity contribution in [1.29, 1.82) is 0 Å². The van der Waals surface area contributed by atoms with Gasteiger partial charge in [0.15, 0.2) is 6.61 Å². The zero-order valence-electron chi connectivity index (χ0n) is 14.3. The molecule has 0 saturated heterocycles. The maximum absolute atomic E-state index is 12.3. The molecule has 3 rings (SSSR count). The number of rotatable bonds is 5. The summed E-state index contributed by atoms with van der Waals surface area (Å²) >= 11 is 0. The van der Waals surface area contributed by atoms with Crippen LogP contribution in [0.1, 0.15) is 29.0 Å². The number of carbonyl (C=O) groups excluding carboxylic acids is 2. The molecule has 2 aromatic rings. The number of benzene rings is 2. The summed E-state index contributed by atoms with van der Waals surface area (Å²) in [5, 5.41) is 5.69. The van der Waals surface area contributed by atoms with Crippen LogP contribution in [0.3, 0.4) is 0 Å². The number of nitrogens with zero attached hydrogens (tertiary/aromatic N) is 1. The summed E-state index contributed by atoms with van der Waals surface area (Å²) in [5.74, 6) is 0.373. The zero-order valence-corrected chi connectivity index (χ0v) is 14.3. The number of amides is 2. The van der Waals surface area contributed by atoms with Crippen LogP contribution in [-0.2, 0) is 4.79 Å². The van der Waals surface area contributed by atoms with E-state index in [2.05, 4.69) is 10.6 Å². The van der Waals surface area contributed by atoms with E-state index in [0.29, 0.717) is 17.9 Å². The number of anilines is 1. The normalized spacial score (nSPS) is 16.0. The van der Waals surface area contributed by atoms with E-state index in [0.717, 1.165) is 11.3 Å². The van der Waals surface area contributed by atoms with E-state index in [1.165, 1.54) is 0 Å². The van der Waals surface area contributed by atoms with Crippen LogP contribution in [0, 0.1) is 0 Å². The summed E-state index contributed by atoms with van der Waals surface area (Å²) in [4.78, 5) is 25.8. The van der Waals surface area contributed by atoms with E-state index >= 15 is 0 Å². The predicted octanol–water partition coefficient (Wildman–Crippen LogP) is 2.08. The lowest BCUT2D eigenvalue weighted by Gasteiger charge is -2.36. The number of nitrogens with one attached hydrogen (secondary N) is 2. The Morgan fingerprint density at radius 3 is 2.64 bits per heavy atom. The molecule has 2 N–H and O–H groups in total. The van der Waals surface area contributed by atoms with Crippen LogP contribution in [0.15, 0.2) is 48.5 Å². The minimum absolute atomic E-state index is 0.0133. The third-order valence-corrected chi connectivity index (χ3v) is 4.12. The third kappa shape index (κ3) is 3.57. The van der Waals surface area contributed by atoms with E-state index in [1.54, 1.807) is 12.1 Å². The number of ether oxygens (including phenoxy) is 1. The van der Waals surface area contributed by atoms with Crippen LogP contribution in [-0.4, -0.2) is 32.0 Å². The van der Waals surface area contributed by atoms with Crippen LogP contribution in [0.5, 0.6) is 5.75 Å². The van der Waals surface area contributed by atoms with Gasteiger partial charge in [-0.25, -0.2) is 0 Å². The molecule has 1 aliphatic heterocycles. The average Bonchev–Trinajstić information content (AvgIpc) is 2.64. The van der Waals surface area contributed by atoms with Gasteiger partial charge in [-0.3, -0.25) is 9.59 Å². The lowest BCUT2D eigenvalue weighted by molar-refractivity contribution is -0.122. The minimum Gasteiger partial charge on any atom is -0.484 e. The summed E-state index contributed by atoms with van der Waals surface area (Å²) in [5.41, 5.74) is 2.51. The van der Waals surface area contributed by atoms with Gasteiger partial charge in [0.2, 0.25) is 0 Å². The monoisotopic (exact) mass is 339 g/mol. The molecular weight excluding hydrogens is 318 g/mol. The van der Waals surface area contributed by atoms with Crippen molar-refractivity contribution < 1.29 is 14.3 Å². The van der Waals surface area contributed by atoms with Gasteiger partial charge < -0.3 is 20.3 Å². The highest BCUT2D eigenvalue weighted by Crippen LogP contribution is 2.31. The van der Waals surface area contributed by atoms with Crippen LogP contribution in [0.25, 0.3) is 0 Å². The van der Waals surface area contributed by atoms with Crippen molar-refractivity contribution in [2.75, 3.05) is 25.1 Å². The Bertz CT molecular complexity index is 774. The van der Waals surface area contributed by atoms with Crippen molar-refractivity contribution in [1.82, 2.24) is 10.6 Å². The first-order chi connectivity index (χ1) is 12.1. The molecule has 0 aliphatic carbocycles. The number of fused-ring (bicyclic) bond motifs is 1. The number of hydrogen-bond donors (Lipinski definition) is 2. The molecule has 2 amide bonds. The summed E-state index contributed by atoms with van der Waals surface area (Å²) in [6.07, 6.45) is -0.250. The molecule has 0 aromatic heterocycles. The lowest BCUT2D eigenvalue weighted by atomic mass is 10.0. The number of carbonyl (C=O) groups is 2. The topological polar surface area (TPSA) is 70.7 Å². The molecule has 1 heterocycles. The van der Waals surface area contributed by atoms with Gasteiger partial charge in [0.05, 0.1) is 11.3 Å². The molecule has 0 radical (unpaired) electrons. The van der Waals surface area contributed by atoms with E-state index in [-0.39, 0.29) is 24.6 Å². The van der Waals surface area contributed by atoms with Gasteiger partial charge in [-0.05, 0) is 36.8 Å². The number of likely N-dealkylation sites (N-methyl/N-ethyl adjacent to an activating group) is 1. The lowest BCUT2D eigenvalue weighted by Crippen LogP contribution is -2.44. The van der Waals surface area contributed by atoms with Gasteiger partial charge in [-0.1, -0.05) is 24.3 Å². The fraction of sp³-hybridized carbons (Fsp3) is 0.263. The van der Waals surface area contributed by atoms with Crippen LogP contribution < -0.4 is 20.3 Å². The van der Waals surface area contributed by atoms with Gasteiger partial charge in [0, 0.05) is 13.6 Å². The fourth-order valence-electron chi connectivity index (χ4n) is 2.86. The van der Waals surface area contributed by atoms with Gasteiger partial charge in [-0.2, -0.15) is 0 Å². The van der Waals surface area contributed by atoms with Crippen LogP contribution in [0.2, 0.25) is 0 Å². The molecule has 0 fully saturated rings. The maximum Gasteiger partial charge on any atom is 0.257 e. The molecule has 0 saturated carbocycles. The first kappa shape index (κ1) is 16.8. The molecule has 130 valence electrons. The fourth-order valence-corrected chi connectivity index (χ4v) is 2.86. The quantitative estimate of drug-likeness (QED) is 0.875. The summed E-state index contributed by atoms with van der Waals surface area (Å²) < 4.78 is 5.45. The van der Waals surface area contributed by atoms with Crippen molar-refractivity contribution in [2.45, 2.75) is 13.1 Å². The molecular formula is C19H21N3O3. The van der Waals surface area contributed by atoms with Crippen molar-refractivity contribution in [2.24, 2.45) is 0 Å². The smallest absolute Gasteiger partial charge is 0.257 e. The Balaban J connectivity index is 1.72. The summed E-state index contributed by atoms with van der Waals surface area (Å²) in [6, 6.07) is 14.9. The van der Waals surface area contributed by atoms with Crippen molar-refractivity contribution in [3.8, 4) is 5.75 Å². The highest BCUT2D eigenvalue weighted by molar-refractivity contribution is 6.01. The van der Waals surface area contributed by atoms with Crippen LogP contribution >= 0.6 is 0 Å². The van der Waals surface area contributed by atoms with Gasteiger partial charge >= 0.3 is 0 Å². The second kappa shape index (κ2) is 7.25. The third-order valence-electron chi connectivity index (χ3n) is 4.12. The summed E-state index contributed by atoms with van der Waals surface area (Å²) in [7, 11) is 1.95. The molecule has 0 bridgehead atoms. The highest BCUT2D eigenvalue weighted by atomic mass is 16.5. The Morgan fingerprint density at radius 1 is 1.20 bits per heavy atom. The molecule has 2 aromatic carbocycles. The maximum atomic E-state index is 12.3. The van der Waals surface area contributed by atoms with E-state index in [1.807, 2.05) is 55.3 Å². The van der Waals surface area contributed by atoms with Crippen molar-refractivity contribution in [3.05, 3.63) is 59.7 Å². The van der Waals surface area contributed by atoms with Crippen molar-refractivity contribution in [3.63, 3.8) is 0 Å². The molecule has 1 atom stereocenters. The molecule has 1 aliphatic rings. The predicted molar refractivity (Wildman–Crippen MR) is 95.7 cm³/mol. The van der Waals surface area contributed by atoms with E-state index in [4.69, 9.17) is 4.74 Å². The first-order valence-electron chi connectivity index (χ1n) is 8.22. The summed E-state index contributed by atoms with van der Waals surface area (Å²) in [6.45, 7) is 2.43. The molecule has 0 unspecified atom stereocenters. The van der Waals surface area contributed by atoms with E-state index < -0.39 is 0 Å². The molecule has 6 heteroatoms. The first-order valence-corrected chi connectivity index (χ1v) is 8.22. The molecule has 0 spiro atoms. The minimum atomic E-state index is -0.250. The van der Waals surface area contributed by atoms with Gasteiger partial charge in [-0.15, -0.1) is 0 Å². The number of hydrogen-bond acceptors (Lipinski definition) is 4. The Hall–Kier alpha value is -3.02. The van der Waals surface area contributed by atoms with Crippen molar-refractivity contribution >= 4 is 17.5 Å². The largest absolute Gasteiger partial charge is 0.484 e. The number of para-hydroxylation sites is 1. The molecule has 6 nitrogen and oxygen atoms in total. The zero-order chi connectivity index (χ0) is 17.8. The average molecular weight is 339 g/mol. The van der Waals surface area contributed by atoms with Crippen LogP contribution in [0.4, 0.5) is 5.69 Å². The Kier molecular flexibility index (Phi) is 4.88. The standard InChI is InChI=1S/C19H21N3O3/c1-3-20-17(23)12-25-14-10-8-13(9-11-14)18-21-19(24)15-6-4-5-7-16(15)22(18)2/h4-11,18H,3,12H2,1-2H3,(H,20,23)(H,21,24)/t18-/m1/s1. The molecule has 25 heavy (non-hydrogen) atoms.